The molecule has 0 aliphatic rings. The van der Waals surface area contributed by atoms with Crippen LogP contribution in [0.15, 0.2) is 42.5 Å². The number of nitrogens with zero attached hydrogens (tertiary/aromatic N) is 1. The Morgan fingerprint density at radius 3 is 2.37 bits per heavy atom. The van der Waals surface area contributed by atoms with Crippen molar-refractivity contribution in [1.29, 1.82) is 0 Å². The summed E-state index contributed by atoms with van der Waals surface area (Å²) in [5.41, 5.74) is 5.57. The molecule has 2 aromatic rings. The molecule has 30 heavy (non-hydrogen) atoms. The lowest BCUT2D eigenvalue weighted by Gasteiger charge is -2.31. The molecule has 0 bridgehead atoms. The van der Waals surface area contributed by atoms with Crippen molar-refractivity contribution in [2.75, 3.05) is 6.54 Å². The molecule has 2 amide bonds. The van der Waals surface area contributed by atoms with E-state index in [-0.39, 0.29) is 11.8 Å². The molecule has 2 rings (SSSR count). The fourth-order valence-corrected chi connectivity index (χ4v) is 3.62. The summed E-state index contributed by atoms with van der Waals surface area (Å²) in [6.07, 6.45) is 2.85. The Hall–Kier alpha value is -2.62. The number of hydrogen-bond donors (Lipinski definition) is 1. The second-order valence-corrected chi connectivity index (χ2v) is 8.17. The second kappa shape index (κ2) is 11.5. The minimum atomic E-state index is -0.471. The molecular weight excluding hydrogens is 372 g/mol. The molecule has 0 aliphatic carbocycles. The first-order valence-electron chi connectivity index (χ1n) is 11.0. The Bertz CT molecular complexity index is 860. The summed E-state index contributed by atoms with van der Waals surface area (Å²) in [7, 11) is 0. The molecule has 0 saturated carbocycles. The molecule has 0 aliphatic heterocycles. The molecule has 2 aromatic carbocycles. The molecular formula is C26H36N2O2. The SMILES string of the molecule is CCCCNC(=O)[C@H](CC)N(Cc1cccc(C)c1)C(=O)Cc1ccc(C)c(C)c1. The molecule has 4 nitrogen and oxygen atoms in total. The molecule has 0 unspecified atom stereocenters. The quantitative estimate of drug-likeness (QED) is 0.570. The van der Waals surface area contributed by atoms with Crippen LogP contribution in [0, 0.1) is 20.8 Å². The van der Waals surface area contributed by atoms with E-state index in [1.54, 1.807) is 4.90 Å². The van der Waals surface area contributed by atoms with Crippen molar-refractivity contribution in [2.24, 2.45) is 0 Å². The number of nitrogens with one attached hydrogen (secondary N) is 1. The molecule has 0 radical (unpaired) electrons. The molecule has 0 heterocycles. The van der Waals surface area contributed by atoms with Crippen LogP contribution in [0.2, 0.25) is 0 Å². The second-order valence-electron chi connectivity index (χ2n) is 8.17. The van der Waals surface area contributed by atoms with Gasteiger partial charge in [0.05, 0.1) is 6.42 Å². The number of benzene rings is 2. The molecule has 0 fully saturated rings. The van der Waals surface area contributed by atoms with Gasteiger partial charge in [-0.1, -0.05) is 68.3 Å². The van der Waals surface area contributed by atoms with Crippen LogP contribution in [-0.2, 0) is 22.6 Å². The lowest BCUT2D eigenvalue weighted by atomic mass is 10.0. The van der Waals surface area contributed by atoms with E-state index in [1.807, 2.05) is 38.1 Å². The van der Waals surface area contributed by atoms with Crippen LogP contribution in [0.1, 0.15) is 60.9 Å². The topological polar surface area (TPSA) is 49.4 Å². The smallest absolute Gasteiger partial charge is 0.242 e. The van der Waals surface area contributed by atoms with Gasteiger partial charge < -0.3 is 10.2 Å². The number of rotatable bonds is 10. The molecule has 162 valence electrons. The van der Waals surface area contributed by atoms with E-state index in [9.17, 15) is 9.59 Å². The predicted molar refractivity (Wildman–Crippen MR) is 123 cm³/mol. The van der Waals surface area contributed by atoms with Crippen molar-refractivity contribution < 1.29 is 9.59 Å². The highest BCUT2D eigenvalue weighted by Gasteiger charge is 2.28. The van der Waals surface area contributed by atoms with Gasteiger partial charge in [-0.05, 0) is 55.9 Å². The summed E-state index contributed by atoms with van der Waals surface area (Å²) in [6, 6.07) is 13.8. The van der Waals surface area contributed by atoms with Crippen molar-refractivity contribution in [3.05, 3.63) is 70.3 Å². The Labute approximate surface area is 181 Å². The predicted octanol–water partition coefficient (Wildman–Crippen LogP) is 4.88. The summed E-state index contributed by atoms with van der Waals surface area (Å²) in [4.78, 5) is 28.0. The third kappa shape index (κ3) is 6.72. The Morgan fingerprint density at radius 1 is 0.967 bits per heavy atom. The summed E-state index contributed by atoms with van der Waals surface area (Å²) in [5, 5.41) is 3.01. The summed E-state index contributed by atoms with van der Waals surface area (Å²) in [5.74, 6) is -0.0794. The van der Waals surface area contributed by atoms with E-state index in [4.69, 9.17) is 0 Å². The van der Waals surface area contributed by atoms with Crippen molar-refractivity contribution in [1.82, 2.24) is 10.2 Å². The van der Waals surface area contributed by atoms with Crippen LogP contribution in [0.4, 0.5) is 0 Å². The number of aryl methyl sites for hydroxylation is 3. The van der Waals surface area contributed by atoms with Crippen molar-refractivity contribution >= 4 is 11.8 Å². The van der Waals surface area contributed by atoms with Gasteiger partial charge in [-0.15, -0.1) is 0 Å². The standard InChI is InChI=1S/C26H36N2O2/c1-6-8-14-27-26(30)24(7-2)28(18-23-11-9-10-19(3)15-23)25(29)17-22-13-12-20(4)21(5)16-22/h9-13,15-16,24H,6-8,14,17-18H2,1-5H3,(H,27,30)/t24-/m0/s1. The molecule has 0 spiro atoms. The first kappa shape index (κ1) is 23.7. The average Bonchev–Trinajstić information content (AvgIpc) is 2.71. The van der Waals surface area contributed by atoms with Crippen LogP contribution >= 0.6 is 0 Å². The van der Waals surface area contributed by atoms with E-state index in [1.165, 1.54) is 11.1 Å². The lowest BCUT2D eigenvalue weighted by Crippen LogP contribution is -2.49. The highest BCUT2D eigenvalue weighted by atomic mass is 16.2. The summed E-state index contributed by atoms with van der Waals surface area (Å²) >= 11 is 0. The van der Waals surface area contributed by atoms with Gasteiger partial charge in [-0.2, -0.15) is 0 Å². The highest BCUT2D eigenvalue weighted by molar-refractivity contribution is 5.88. The maximum absolute atomic E-state index is 13.4. The summed E-state index contributed by atoms with van der Waals surface area (Å²) in [6.45, 7) is 11.3. The first-order valence-corrected chi connectivity index (χ1v) is 11.0. The maximum atomic E-state index is 13.4. The zero-order valence-electron chi connectivity index (χ0n) is 19.1. The molecule has 4 heteroatoms. The minimum Gasteiger partial charge on any atom is -0.354 e. The van der Waals surface area contributed by atoms with E-state index < -0.39 is 6.04 Å². The van der Waals surface area contributed by atoms with Gasteiger partial charge in [0.1, 0.15) is 6.04 Å². The van der Waals surface area contributed by atoms with Crippen molar-refractivity contribution in [2.45, 2.75) is 72.9 Å². The van der Waals surface area contributed by atoms with Gasteiger partial charge in [0.15, 0.2) is 0 Å². The number of carbonyl (C=O) groups is 2. The van der Waals surface area contributed by atoms with Gasteiger partial charge in [-0.25, -0.2) is 0 Å². The van der Waals surface area contributed by atoms with E-state index in [2.05, 4.69) is 44.3 Å². The largest absolute Gasteiger partial charge is 0.354 e. The van der Waals surface area contributed by atoms with Crippen LogP contribution in [0.5, 0.6) is 0 Å². The maximum Gasteiger partial charge on any atom is 0.242 e. The van der Waals surface area contributed by atoms with Gasteiger partial charge in [0.25, 0.3) is 0 Å². The number of hydrogen-bond acceptors (Lipinski definition) is 2. The van der Waals surface area contributed by atoms with Crippen LogP contribution in [-0.4, -0.2) is 29.3 Å². The normalized spacial score (nSPS) is 11.8. The molecule has 1 atom stereocenters. The van der Waals surface area contributed by atoms with Gasteiger partial charge >= 0.3 is 0 Å². The first-order chi connectivity index (χ1) is 14.3. The van der Waals surface area contributed by atoms with Crippen LogP contribution < -0.4 is 5.32 Å². The number of amides is 2. The molecule has 1 N–H and O–H groups in total. The van der Waals surface area contributed by atoms with Crippen LogP contribution in [0.25, 0.3) is 0 Å². The zero-order valence-corrected chi connectivity index (χ0v) is 19.1. The minimum absolute atomic E-state index is 0.0164. The highest BCUT2D eigenvalue weighted by Crippen LogP contribution is 2.17. The summed E-state index contributed by atoms with van der Waals surface area (Å²) < 4.78 is 0. The fourth-order valence-electron chi connectivity index (χ4n) is 3.62. The van der Waals surface area contributed by atoms with Gasteiger partial charge in [-0.3, -0.25) is 9.59 Å². The average molecular weight is 409 g/mol. The monoisotopic (exact) mass is 408 g/mol. The third-order valence-electron chi connectivity index (χ3n) is 5.58. The van der Waals surface area contributed by atoms with Crippen molar-refractivity contribution in [3.8, 4) is 0 Å². The fraction of sp³-hybridized carbons (Fsp3) is 0.462. The molecule has 0 aromatic heterocycles. The zero-order chi connectivity index (χ0) is 22.1. The van der Waals surface area contributed by atoms with E-state index in [0.717, 1.165) is 29.5 Å². The Morgan fingerprint density at radius 2 is 1.73 bits per heavy atom. The Kier molecular flexibility index (Phi) is 9.10. The number of carbonyl (C=O) groups excluding carboxylic acids is 2. The van der Waals surface area contributed by atoms with Crippen molar-refractivity contribution in [3.63, 3.8) is 0 Å². The lowest BCUT2D eigenvalue weighted by molar-refractivity contribution is -0.140. The Balaban J connectivity index is 2.26. The van der Waals surface area contributed by atoms with E-state index in [0.29, 0.717) is 25.9 Å². The van der Waals surface area contributed by atoms with Gasteiger partial charge in [0, 0.05) is 13.1 Å². The third-order valence-corrected chi connectivity index (χ3v) is 5.58. The molecule has 0 saturated heterocycles. The van der Waals surface area contributed by atoms with Crippen LogP contribution in [0.3, 0.4) is 0 Å². The van der Waals surface area contributed by atoms with Gasteiger partial charge in [0.2, 0.25) is 11.8 Å². The number of unbranched alkanes of at least 4 members (excludes halogenated alkanes) is 1. The van der Waals surface area contributed by atoms with E-state index >= 15 is 0 Å².